The van der Waals surface area contributed by atoms with Crippen LogP contribution in [-0.4, -0.2) is 0 Å². The molecule has 0 unspecified atom stereocenters. The molecule has 5 aromatic rings. The van der Waals surface area contributed by atoms with Crippen molar-refractivity contribution in [2.75, 3.05) is 0 Å². The Hall–Kier alpha value is -3.84. The highest BCUT2D eigenvalue weighted by atomic mass is 35.7. The van der Waals surface area contributed by atoms with Gasteiger partial charge in [0.1, 0.15) is 0 Å². The first kappa shape index (κ1) is 24.3. The minimum absolute atomic E-state index is 0.875. The topological polar surface area (TPSA) is 104 Å². The number of hydrogen-bond donors (Lipinski definition) is 0. The highest BCUT2D eigenvalue weighted by Gasteiger charge is 2.28. The molecule has 35 heavy (non-hydrogen) atoms. The van der Waals surface area contributed by atoms with Crippen molar-refractivity contribution in [1.82, 2.24) is 0 Å². The van der Waals surface area contributed by atoms with Crippen molar-refractivity contribution in [3.63, 3.8) is 0 Å². The van der Waals surface area contributed by atoms with Crippen molar-refractivity contribution in [2.24, 2.45) is 0 Å². The third-order valence-corrected chi connectivity index (χ3v) is 5.29. The predicted molar refractivity (Wildman–Crippen MR) is 125 cm³/mol. The Morgan fingerprint density at radius 3 is 1.20 bits per heavy atom. The number of benzene rings is 4. The van der Waals surface area contributed by atoms with Crippen LogP contribution in [0.15, 0.2) is 132 Å². The summed E-state index contributed by atoms with van der Waals surface area (Å²) in [5, 5.41) is 0. The highest BCUT2D eigenvalue weighted by molar-refractivity contribution is 5.99. The molecule has 174 valence electrons. The van der Waals surface area contributed by atoms with E-state index in [1.54, 1.807) is 0 Å². The predicted octanol–water partition coefficient (Wildman–Crippen LogP) is 3.47. The van der Waals surface area contributed by atoms with E-state index in [1.807, 2.05) is 36.6 Å². The zero-order valence-corrected chi connectivity index (χ0v) is 19.3. The molecule has 0 atom stereocenters. The van der Waals surface area contributed by atoms with Crippen LogP contribution < -0.4 is 18.6 Å². The van der Waals surface area contributed by atoms with E-state index in [0.29, 0.717) is 0 Å². The second-order valence-corrected chi connectivity index (χ2v) is 8.33. The average Bonchev–Trinajstić information content (AvgIpc) is 2.89. The Bertz CT molecular complexity index is 1250. The minimum atomic E-state index is -4.94. The fourth-order valence-electron chi connectivity index (χ4n) is 3.90. The van der Waals surface area contributed by atoms with Gasteiger partial charge in [-0.25, -0.2) is 23.1 Å². The molecule has 0 aliphatic rings. The summed E-state index contributed by atoms with van der Waals surface area (Å²) in [4.78, 5) is 0. The number of halogens is 1. The first-order valence-electron chi connectivity index (χ1n) is 10.7. The van der Waals surface area contributed by atoms with Gasteiger partial charge in [-0.1, -0.05) is 109 Å². The first-order chi connectivity index (χ1) is 16.9. The zero-order valence-electron chi connectivity index (χ0n) is 18.5. The molecule has 0 radical (unpaired) electrons. The lowest BCUT2D eigenvalue weighted by Gasteiger charge is -2.17. The molecule has 5 nitrogen and oxygen atoms in total. The Balaban J connectivity index is 0.000000527. The van der Waals surface area contributed by atoms with E-state index in [-0.39, 0.29) is 0 Å². The van der Waals surface area contributed by atoms with Crippen LogP contribution in [0.4, 0.5) is 0 Å². The summed E-state index contributed by atoms with van der Waals surface area (Å²) in [6.07, 6.45) is 1.90. The number of hydrogen-bond acceptors (Lipinski definition) is 4. The van der Waals surface area contributed by atoms with Gasteiger partial charge in [0.2, 0.25) is 0 Å². The van der Waals surface area contributed by atoms with Crippen molar-refractivity contribution in [1.29, 1.82) is 0 Å². The first-order valence-corrected chi connectivity index (χ1v) is 12.0. The third kappa shape index (κ3) is 6.39. The SMILES string of the molecule is [O-][Cl+3]([O-])([O-])[O-].c1ccc(-c2c[o+]c(-c3ccccc3)c(-c3ccccc3)c2-c2ccccc2)cc1. The fraction of sp³-hybridized carbons (Fsp3) is 0. The van der Waals surface area contributed by atoms with Gasteiger partial charge in [-0.3, -0.25) is 0 Å². The molecule has 4 aromatic carbocycles. The summed E-state index contributed by atoms with van der Waals surface area (Å²) in [6.45, 7) is 0. The largest absolute Gasteiger partial charge is 0.368 e. The minimum Gasteiger partial charge on any atom is -0.222 e. The molecule has 5 rings (SSSR count). The van der Waals surface area contributed by atoms with Crippen LogP contribution in [0.3, 0.4) is 0 Å². The quantitative estimate of drug-likeness (QED) is 0.363. The number of rotatable bonds is 4. The summed E-state index contributed by atoms with van der Waals surface area (Å²) < 4.78 is 40.3. The van der Waals surface area contributed by atoms with Crippen LogP contribution >= 0.6 is 0 Å². The van der Waals surface area contributed by atoms with Gasteiger partial charge in [-0.2, -0.15) is 0 Å². The molecule has 0 aliphatic carbocycles. The van der Waals surface area contributed by atoms with Crippen LogP contribution in [0.25, 0.3) is 44.7 Å². The monoisotopic (exact) mass is 484 g/mol. The van der Waals surface area contributed by atoms with Crippen molar-refractivity contribution < 1.29 is 33.3 Å². The fourth-order valence-corrected chi connectivity index (χ4v) is 3.90. The van der Waals surface area contributed by atoms with Gasteiger partial charge >= 0.3 is 12.0 Å². The van der Waals surface area contributed by atoms with Gasteiger partial charge in [0, 0.05) is 5.56 Å². The van der Waals surface area contributed by atoms with E-state index in [2.05, 4.69) is 91.0 Å². The van der Waals surface area contributed by atoms with Gasteiger partial charge in [0.25, 0.3) is 0 Å². The molecule has 0 saturated heterocycles. The van der Waals surface area contributed by atoms with Crippen LogP contribution in [0.5, 0.6) is 0 Å². The molecular formula is C29H21ClO5. The molecule has 0 bridgehead atoms. The molecule has 0 fully saturated rings. The van der Waals surface area contributed by atoms with E-state index in [0.717, 1.165) is 33.6 Å². The van der Waals surface area contributed by atoms with E-state index in [4.69, 9.17) is 23.1 Å². The van der Waals surface area contributed by atoms with Gasteiger partial charge in [0.15, 0.2) is 0 Å². The molecular weight excluding hydrogens is 464 g/mol. The highest BCUT2D eigenvalue weighted by Crippen LogP contribution is 2.45. The van der Waals surface area contributed by atoms with Crippen molar-refractivity contribution in [3.05, 3.63) is 128 Å². The van der Waals surface area contributed by atoms with E-state index < -0.39 is 10.2 Å². The van der Waals surface area contributed by atoms with Crippen LogP contribution in [-0.2, 0) is 0 Å². The summed E-state index contributed by atoms with van der Waals surface area (Å²) in [5.74, 6) is 0.875. The van der Waals surface area contributed by atoms with Gasteiger partial charge in [0.05, 0.1) is 16.7 Å². The molecule has 0 amide bonds. The Morgan fingerprint density at radius 1 is 0.429 bits per heavy atom. The molecule has 1 heterocycles. The van der Waals surface area contributed by atoms with Crippen LogP contribution in [0.2, 0.25) is 0 Å². The average molecular weight is 485 g/mol. The Labute approximate surface area is 205 Å². The second kappa shape index (κ2) is 11.1. The second-order valence-electron chi connectivity index (χ2n) is 7.57. The van der Waals surface area contributed by atoms with Crippen LogP contribution in [0, 0.1) is 10.2 Å². The summed E-state index contributed by atoms with van der Waals surface area (Å²) in [6, 6.07) is 41.8. The Kier molecular flexibility index (Phi) is 7.67. The molecule has 6 heteroatoms. The van der Waals surface area contributed by atoms with Crippen molar-refractivity contribution >= 4 is 0 Å². The van der Waals surface area contributed by atoms with Gasteiger partial charge < -0.3 is 0 Å². The zero-order chi connectivity index (χ0) is 24.7. The van der Waals surface area contributed by atoms with Crippen molar-refractivity contribution in [2.45, 2.75) is 0 Å². The summed E-state index contributed by atoms with van der Waals surface area (Å²) in [7, 11) is -4.94. The molecule has 0 spiro atoms. The Morgan fingerprint density at radius 2 is 0.771 bits per heavy atom. The maximum Gasteiger partial charge on any atom is 0.368 e. The third-order valence-electron chi connectivity index (χ3n) is 5.29. The van der Waals surface area contributed by atoms with E-state index in [1.165, 1.54) is 11.1 Å². The van der Waals surface area contributed by atoms with Crippen LogP contribution in [0.1, 0.15) is 0 Å². The standard InChI is InChI=1S/C29H21O.ClHO4/c1-5-13-22(14-6-1)26-21-30-29(25-19-11-4-12-20-25)28(24-17-9-3-10-18-24)27(26)23-15-7-2-8-16-23;2-1(3,4)5/h1-21H;(H,2,3,4,5)/q+1;/p-1. The van der Waals surface area contributed by atoms with E-state index in [9.17, 15) is 0 Å². The maximum atomic E-state index is 8.49. The summed E-state index contributed by atoms with van der Waals surface area (Å²) >= 11 is 0. The maximum absolute atomic E-state index is 8.49. The van der Waals surface area contributed by atoms with Gasteiger partial charge in [-0.05, 0) is 28.8 Å². The molecule has 0 N–H and O–H groups in total. The summed E-state index contributed by atoms with van der Waals surface area (Å²) in [5.41, 5.74) is 7.87. The lowest BCUT2D eigenvalue weighted by Crippen LogP contribution is -2.68. The molecule has 0 saturated carbocycles. The molecule has 1 aromatic heterocycles. The van der Waals surface area contributed by atoms with E-state index >= 15 is 0 Å². The molecule has 0 aliphatic heterocycles. The lowest BCUT2D eigenvalue weighted by atomic mass is 9.87. The van der Waals surface area contributed by atoms with Gasteiger partial charge in [-0.15, -0.1) is 10.2 Å². The lowest BCUT2D eigenvalue weighted by molar-refractivity contribution is -2.00. The smallest absolute Gasteiger partial charge is 0.222 e. The normalized spacial score (nSPS) is 10.9. The van der Waals surface area contributed by atoms with Crippen molar-refractivity contribution in [3.8, 4) is 44.7 Å².